The summed E-state index contributed by atoms with van der Waals surface area (Å²) in [6.07, 6.45) is 1.99. The van der Waals surface area contributed by atoms with E-state index in [-0.39, 0.29) is 24.4 Å². The number of benzene rings is 1. The minimum atomic E-state index is -0.00299. The average molecular weight is 333 g/mol. The van der Waals surface area contributed by atoms with Crippen molar-refractivity contribution < 1.29 is 19.0 Å². The fraction of sp³-hybridized carbons (Fsp3) is 0.400. The van der Waals surface area contributed by atoms with Crippen molar-refractivity contribution in [2.24, 2.45) is 0 Å². The molecular weight excluding hydrogens is 318 g/mol. The van der Waals surface area contributed by atoms with E-state index >= 15 is 0 Å². The summed E-state index contributed by atoms with van der Waals surface area (Å²) in [4.78, 5) is 16.7. The second kappa shape index (κ2) is 6.21. The zero-order valence-electron chi connectivity index (χ0n) is 12.3. The predicted molar refractivity (Wildman–Crippen MR) is 81.9 cm³/mol. The molecule has 0 radical (unpaired) electrons. The molecule has 0 saturated carbocycles. The molecule has 0 unspecified atom stereocenters. The number of nitrogens with zero attached hydrogens (tertiary/aromatic N) is 2. The second-order valence-corrected chi connectivity index (χ2v) is 6.23. The number of H-pyrrole nitrogens is 1. The molecule has 1 fully saturated rings. The number of Topliss-reactive ketones (excluding diaryl/α,β-unsaturated/α-hetero) is 1. The number of thioether (sulfide) groups is 1. The summed E-state index contributed by atoms with van der Waals surface area (Å²) in [5.74, 6) is 2.28. The molecule has 2 aromatic rings. The van der Waals surface area contributed by atoms with Gasteiger partial charge in [0.25, 0.3) is 0 Å². The molecule has 7 nitrogen and oxygen atoms in total. The Labute approximate surface area is 136 Å². The van der Waals surface area contributed by atoms with E-state index in [0.29, 0.717) is 22.2 Å². The summed E-state index contributed by atoms with van der Waals surface area (Å²) in [7, 11) is 0. The Hall–Kier alpha value is -2.06. The number of aromatic nitrogens is 3. The van der Waals surface area contributed by atoms with E-state index in [4.69, 9.17) is 14.2 Å². The quantitative estimate of drug-likeness (QED) is 0.664. The van der Waals surface area contributed by atoms with Crippen molar-refractivity contribution in [2.75, 3.05) is 19.2 Å². The third-order valence-electron chi connectivity index (χ3n) is 3.74. The first kappa shape index (κ1) is 14.5. The Balaban J connectivity index is 1.38. The van der Waals surface area contributed by atoms with E-state index in [9.17, 15) is 4.79 Å². The highest BCUT2D eigenvalue weighted by Gasteiger charge is 2.22. The van der Waals surface area contributed by atoms with Gasteiger partial charge in [0.15, 0.2) is 23.1 Å². The summed E-state index contributed by atoms with van der Waals surface area (Å²) < 4.78 is 16.1. The van der Waals surface area contributed by atoms with Gasteiger partial charge < -0.3 is 14.2 Å². The number of hydrogen-bond donors (Lipinski definition) is 1. The molecule has 2 aliphatic heterocycles. The SMILES string of the molecule is O=C(CSc1n[nH]c([C@@H]2CCCO2)n1)c1ccc2c(c1)OCO2. The lowest BCUT2D eigenvalue weighted by Crippen LogP contribution is -2.02. The van der Waals surface area contributed by atoms with Gasteiger partial charge in [0.05, 0.1) is 5.75 Å². The molecule has 1 saturated heterocycles. The molecule has 1 aromatic heterocycles. The van der Waals surface area contributed by atoms with Gasteiger partial charge in [0, 0.05) is 12.2 Å². The molecule has 4 rings (SSSR count). The first-order valence-electron chi connectivity index (χ1n) is 7.39. The Morgan fingerprint density at radius 3 is 3.13 bits per heavy atom. The number of fused-ring (bicyclic) bond motifs is 1. The monoisotopic (exact) mass is 333 g/mol. The number of carbonyl (C=O) groups is 1. The van der Waals surface area contributed by atoms with Crippen molar-refractivity contribution in [1.29, 1.82) is 0 Å². The highest BCUT2D eigenvalue weighted by Crippen LogP contribution is 2.33. The van der Waals surface area contributed by atoms with Crippen LogP contribution in [0.5, 0.6) is 11.5 Å². The average Bonchev–Trinajstić information content (AvgIpc) is 3.32. The molecule has 1 aromatic carbocycles. The van der Waals surface area contributed by atoms with Gasteiger partial charge in [-0.25, -0.2) is 4.98 Å². The number of nitrogens with one attached hydrogen (secondary N) is 1. The second-order valence-electron chi connectivity index (χ2n) is 5.28. The largest absolute Gasteiger partial charge is 0.454 e. The Kier molecular flexibility index (Phi) is 3.92. The highest BCUT2D eigenvalue weighted by atomic mass is 32.2. The molecule has 8 heteroatoms. The van der Waals surface area contributed by atoms with Gasteiger partial charge in [-0.1, -0.05) is 11.8 Å². The first-order valence-corrected chi connectivity index (χ1v) is 8.38. The van der Waals surface area contributed by atoms with Crippen LogP contribution in [-0.2, 0) is 4.74 Å². The molecule has 23 heavy (non-hydrogen) atoms. The van der Waals surface area contributed by atoms with Crippen LogP contribution in [0.25, 0.3) is 0 Å². The van der Waals surface area contributed by atoms with Crippen LogP contribution in [0.15, 0.2) is 23.4 Å². The lowest BCUT2D eigenvalue weighted by atomic mass is 10.1. The van der Waals surface area contributed by atoms with Crippen LogP contribution in [0.3, 0.4) is 0 Å². The van der Waals surface area contributed by atoms with Crippen molar-refractivity contribution >= 4 is 17.5 Å². The molecule has 120 valence electrons. The normalized spacial score (nSPS) is 19.2. The predicted octanol–water partition coefficient (Wildman–Crippen LogP) is 2.36. The molecule has 2 aliphatic rings. The van der Waals surface area contributed by atoms with Crippen molar-refractivity contribution in [3.05, 3.63) is 29.6 Å². The number of ketones is 1. The van der Waals surface area contributed by atoms with E-state index in [1.807, 2.05) is 0 Å². The third kappa shape index (κ3) is 3.04. The zero-order chi connectivity index (χ0) is 15.6. The van der Waals surface area contributed by atoms with Gasteiger partial charge in [-0.3, -0.25) is 9.89 Å². The van der Waals surface area contributed by atoms with Crippen LogP contribution in [0, 0.1) is 0 Å². The number of aromatic amines is 1. The van der Waals surface area contributed by atoms with E-state index < -0.39 is 0 Å². The van der Waals surface area contributed by atoms with Crippen molar-refractivity contribution in [2.45, 2.75) is 24.1 Å². The molecule has 1 atom stereocenters. The first-order chi connectivity index (χ1) is 11.3. The maximum atomic E-state index is 12.3. The summed E-state index contributed by atoms with van der Waals surface area (Å²) in [6, 6.07) is 5.20. The molecule has 0 bridgehead atoms. The lowest BCUT2D eigenvalue weighted by molar-refractivity contribution is 0.102. The zero-order valence-corrected chi connectivity index (χ0v) is 13.1. The highest BCUT2D eigenvalue weighted by molar-refractivity contribution is 7.99. The van der Waals surface area contributed by atoms with Crippen LogP contribution >= 0.6 is 11.8 Å². The van der Waals surface area contributed by atoms with Crippen LogP contribution < -0.4 is 9.47 Å². The standard InChI is InChI=1S/C15H15N3O4S/c19-10(9-3-4-11-13(6-9)22-8-21-11)7-23-15-16-14(17-18-15)12-2-1-5-20-12/h3-4,6,12H,1-2,5,7-8H2,(H,16,17,18)/t12-/m0/s1. The molecule has 3 heterocycles. The fourth-order valence-corrected chi connectivity index (χ4v) is 3.24. The van der Waals surface area contributed by atoms with Crippen LogP contribution in [-0.4, -0.2) is 40.1 Å². The smallest absolute Gasteiger partial charge is 0.231 e. The van der Waals surface area contributed by atoms with E-state index in [0.717, 1.165) is 25.3 Å². The molecular formula is C15H15N3O4S. The summed E-state index contributed by atoms with van der Waals surface area (Å²) in [5, 5.41) is 7.58. The minimum absolute atomic E-state index is 0.00131. The van der Waals surface area contributed by atoms with Gasteiger partial charge >= 0.3 is 0 Å². The van der Waals surface area contributed by atoms with Crippen molar-refractivity contribution in [3.63, 3.8) is 0 Å². The van der Waals surface area contributed by atoms with Crippen LogP contribution in [0.4, 0.5) is 0 Å². The topological polar surface area (TPSA) is 86.3 Å². The Morgan fingerprint density at radius 1 is 1.35 bits per heavy atom. The van der Waals surface area contributed by atoms with Crippen molar-refractivity contribution in [1.82, 2.24) is 15.2 Å². The lowest BCUT2D eigenvalue weighted by Gasteiger charge is -2.03. The van der Waals surface area contributed by atoms with E-state index in [2.05, 4.69) is 15.2 Å². The van der Waals surface area contributed by atoms with E-state index in [1.54, 1.807) is 18.2 Å². The maximum Gasteiger partial charge on any atom is 0.231 e. The molecule has 0 aliphatic carbocycles. The number of rotatable bonds is 5. The van der Waals surface area contributed by atoms with E-state index in [1.165, 1.54) is 11.8 Å². The summed E-state index contributed by atoms with van der Waals surface area (Å²) in [6.45, 7) is 0.960. The number of hydrogen-bond acceptors (Lipinski definition) is 7. The van der Waals surface area contributed by atoms with Gasteiger partial charge in [0.2, 0.25) is 11.9 Å². The number of carbonyl (C=O) groups excluding carboxylic acids is 1. The summed E-state index contributed by atoms with van der Waals surface area (Å²) >= 11 is 1.31. The Bertz CT molecular complexity index is 727. The fourth-order valence-electron chi connectivity index (χ4n) is 2.54. The van der Waals surface area contributed by atoms with Gasteiger partial charge in [-0.05, 0) is 31.0 Å². The molecule has 0 spiro atoms. The van der Waals surface area contributed by atoms with Gasteiger partial charge in [-0.15, -0.1) is 5.10 Å². The van der Waals surface area contributed by atoms with Crippen LogP contribution in [0.2, 0.25) is 0 Å². The summed E-state index contributed by atoms with van der Waals surface area (Å²) in [5.41, 5.74) is 0.594. The molecule has 1 N–H and O–H groups in total. The maximum absolute atomic E-state index is 12.3. The molecule has 0 amide bonds. The van der Waals surface area contributed by atoms with Crippen molar-refractivity contribution in [3.8, 4) is 11.5 Å². The van der Waals surface area contributed by atoms with Gasteiger partial charge in [0.1, 0.15) is 6.10 Å². The Morgan fingerprint density at radius 2 is 2.26 bits per heavy atom. The van der Waals surface area contributed by atoms with Gasteiger partial charge in [-0.2, -0.15) is 0 Å². The number of ether oxygens (including phenoxy) is 3. The van der Waals surface area contributed by atoms with Crippen LogP contribution in [0.1, 0.15) is 35.1 Å². The minimum Gasteiger partial charge on any atom is -0.454 e. The third-order valence-corrected chi connectivity index (χ3v) is 4.59.